The smallest absolute Gasteiger partial charge is 0.222 e. The van der Waals surface area contributed by atoms with E-state index in [1.54, 1.807) is 25.8 Å². The van der Waals surface area contributed by atoms with Gasteiger partial charge in [-0.3, -0.25) is 4.79 Å². The zero-order chi connectivity index (χ0) is 16.2. The summed E-state index contributed by atoms with van der Waals surface area (Å²) in [5.74, 6) is 0.984. The predicted molar refractivity (Wildman–Crippen MR) is 93.2 cm³/mol. The van der Waals surface area contributed by atoms with Gasteiger partial charge in [0.05, 0.1) is 5.25 Å². The van der Waals surface area contributed by atoms with Gasteiger partial charge in [0.15, 0.2) is 9.84 Å². The third kappa shape index (κ3) is 6.05. The number of rotatable bonds is 6. The van der Waals surface area contributed by atoms with Gasteiger partial charge in [0, 0.05) is 25.8 Å². The van der Waals surface area contributed by atoms with Gasteiger partial charge in [0.2, 0.25) is 5.91 Å². The second-order valence-corrected chi connectivity index (χ2v) is 8.95. The fourth-order valence-corrected chi connectivity index (χ4v) is 3.80. The number of carbonyl (C=O) groups excluding carboxylic acids is 1. The Morgan fingerprint density at radius 1 is 1.23 bits per heavy atom. The molecule has 132 valence electrons. The molecule has 1 N–H and O–H groups in total. The molecule has 0 aromatic rings. The molecule has 3 unspecified atom stereocenters. The number of halogens is 1. The lowest BCUT2D eigenvalue weighted by molar-refractivity contribution is -0.133. The van der Waals surface area contributed by atoms with Gasteiger partial charge in [0.1, 0.15) is 0 Å². The van der Waals surface area contributed by atoms with Crippen LogP contribution < -0.4 is 5.32 Å². The highest BCUT2D eigenvalue weighted by atomic mass is 35.5. The van der Waals surface area contributed by atoms with Crippen LogP contribution in [-0.4, -0.2) is 56.9 Å². The summed E-state index contributed by atoms with van der Waals surface area (Å²) in [5, 5.41) is 2.79. The van der Waals surface area contributed by atoms with Crippen molar-refractivity contribution in [3.63, 3.8) is 0 Å². The van der Waals surface area contributed by atoms with Crippen LogP contribution in [-0.2, 0) is 14.6 Å². The predicted octanol–water partition coefficient (Wildman–Crippen LogP) is 1.71. The molecule has 0 saturated carbocycles. The topological polar surface area (TPSA) is 66.5 Å². The average Bonchev–Trinajstić information content (AvgIpc) is 2.44. The van der Waals surface area contributed by atoms with Crippen LogP contribution in [0.5, 0.6) is 0 Å². The van der Waals surface area contributed by atoms with Crippen molar-refractivity contribution in [3.8, 4) is 0 Å². The fourth-order valence-electron chi connectivity index (χ4n) is 2.90. The molecule has 1 fully saturated rings. The Morgan fingerprint density at radius 3 is 2.18 bits per heavy atom. The van der Waals surface area contributed by atoms with Crippen molar-refractivity contribution in [2.45, 2.75) is 51.3 Å². The standard InChI is InChI=1S/C15H30N2O3S.ClH/c1-11(14-6-8-16-9-7-14)10-15(18)17(4)12(2)13(3)21(5,19)20;/h11-14,16H,6-10H2,1-5H3;1H. The first kappa shape index (κ1) is 21.7. The number of sulfone groups is 1. The van der Waals surface area contributed by atoms with Crippen molar-refractivity contribution < 1.29 is 13.2 Å². The van der Waals surface area contributed by atoms with E-state index in [2.05, 4.69) is 12.2 Å². The van der Waals surface area contributed by atoms with Gasteiger partial charge >= 0.3 is 0 Å². The van der Waals surface area contributed by atoms with Gasteiger partial charge in [-0.05, 0) is 51.6 Å². The molecule has 1 aliphatic rings. The largest absolute Gasteiger partial charge is 0.342 e. The molecule has 0 aromatic carbocycles. The molecule has 1 saturated heterocycles. The van der Waals surface area contributed by atoms with E-state index in [1.165, 1.54) is 6.26 Å². The summed E-state index contributed by atoms with van der Waals surface area (Å²) in [7, 11) is -1.42. The van der Waals surface area contributed by atoms with Crippen LogP contribution in [0.1, 0.15) is 40.0 Å². The molecule has 1 rings (SSSR count). The fraction of sp³-hybridized carbons (Fsp3) is 0.933. The molecular formula is C15H31ClN2O3S. The first-order valence-corrected chi connectivity index (χ1v) is 9.75. The summed E-state index contributed by atoms with van der Waals surface area (Å²) in [4.78, 5) is 14.0. The monoisotopic (exact) mass is 354 g/mol. The van der Waals surface area contributed by atoms with E-state index in [0.717, 1.165) is 25.9 Å². The highest BCUT2D eigenvalue weighted by molar-refractivity contribution is 7.91. The van der Waals surface area contributed by atoms with Gasteiger partial charge in [-0.15, -0.1) is 12.4 Å². The summed E-state index contributed by atoms with van der Waals surface area (Å²) in [6.07, 6.45) is 3.97. The zero-order valence-electron chi connectivity index (χ0n) is 14.3. The molecule has 0 radical (unpaired) electrons. The lowest BCUT2D eigenvalue weighted by Gasteiger charge is -2.32. The maximum atomic E-state index is 12.4. The molecule has 0 aliphatic carbocycles. The van der Waals surface area contributed by atoms with Gasteiger partial charge < -0.3 is 10.2 Å². The Bertz CT molecular complexity index is 450. The minimum absolute atomic E-state index is 0. The molecule has 0 spiro atoms. The Balaban J connectivity index is 0.00000441. The van der Waals surface area contributed by atoms with Crippen LogP contribution in [0.15, 0.2) is 0 Å². The second kappa shape index (κ2) is 9.08. The number of nitrogens with zero attached hydrogens (tertiary/aromatic N) is 1. The highest BCUT2D eigenvalue weighted by Crippen LogP contribution is 2.25. The average molecular weight is 355 g/mol. The van der Waals surface area contributed by atoms with Gasteiger partial charge in [-0.1, -0.05) is 6.92 Å². The SMILES string of the molecule is CC(CC(=O)N(C)C(C)C(C)S(C)(=O)=O)C1CCNCC1.Cl. The maximum absolute atomic E-state index is 12.4. The number of piperidine rings is 1. The maximum Gasteiger partial charge on any atom is 0.222 e. The van der Waals surface area contributed by atoms with Crippen molar-refractivity contribution >= 4 is 28.2 Å². The van der Waals surface area contributed by atoms with Crippen LogP contribution in [0.25, 0.3) is 0 Å². The second-order valence-electron chi connectivity index (χ2n) is 6.55. The van der Waals surface area contributed by atoms with Crippen molar-refractivity contribution in [1.29, 1.82) is 0 Å². The van der Waals surface area contributed by atoms with Crippen molar-refractivity contribution in [3.05, 3.63) is 0 Å². The van der Waals surface area contributed by atoms with E-state index >= 15 is 0 Å². The molecule has 7 heteroatoms. The molecule has 0 bridgehead atoms. The molecular weight excluding hydrogens is 324 g/mol. The van der Waals surface area contributed by atoms with Gasteiger partial charge in [-0.25, -0.2) is 8.42 Å². The molecule has 22 heavy (non-hydrogen) atoms. The van der Waals surface area contributed by atoms with Gasteiger partial charge in [-0.2, -0.15) is 0 Å². The van der Waals surface area contributed by atoms with E-state index in [-0.39, 0.29) is 24.4 Å². The van der Waals surface area contributed by atoms with Crippen LogP contribution in [0.3, 0.4) is 0 Å². The molecule has 5 nitrogen and oxygen atoms in total. The van der Waals surface area contributed by atoms with Crippen molar-refractivity contribution in [2.24, 2.45) is 11.8 Å². The van der Waals surface area contributed by atoms with Crippen LogP contribution in [0.4, 0.5) is 0 Å². The van der Waals surface area contributed by atoms with E-state index in [9.17, 15) is 13.2 Å². The van der Waals surface area contributed by atoms with E-state index in [4.69, 9.17) is 0 Å². The number of nitrogens with one attached hydrogen (secondary N) is 1. The quantitative estimate of drug-likeness (QED) is 0.788. The Kier molecular flexibility index (Phi) is 8.95. The summed E-state index contributed by atoms with van der Waals surface area (Å²) in [5.41, 5.74) is 0. The third-order valence-corrected chi connectivity index (χ3v) is 6.79. The summed E-state index contributed by atoms with van der Waals surface area (Å²) < 4.78 is 23.2. The number of hydrogen-bond donors (Lipinski definition) is 1. The number of hydrogen-bond acceptors (Lipinski definition) is 4. The van der Waals surface area contributed by atoms with E-state index in [1.807, 2.05) is 0 Å². The van der Waals surface area contributed by atoms with E-state index in [0.29, 0.717) is 18.3 Å². The minimum atomic E-state index is -3.13. The first-order valence-electron chi connectivity index (χ1n) is 7.79. The minimum Gasteiger partial charge on any atom is -0.342 e. The number of carbonyl (C=O) groups is 1. The lowest BCUT2D eigenvalue weighted by Crippen LogP contribution is -2.45. The molecule has 1 heterocycles. The molecule has 0 aromatic heterocycles. The summed E-state index contributed by atoms with van der Waals surface area (Å²) in [6, 6.07) is -0.298. The Hall–Kier alpha value is -0.330. The highest BCUT2D eigenvalue weighted by Gasteiger charge is 2.30. The Labute approximate surface area is 141 Å². The van der Waals surface area contributed by atoms with E-state index < -0.39 is 15.1 Å². The summed E-state index contributed by atoms with van der Waals surface area (Å²) in [6.45, 7) is 7.66. The Morgan fingerprint density at radius 2 is 1.73 bits per heavy atom. The summed E-state index contributed by atoms with van der Waals surface area (Å²) >= 11 is 0. The molecule has 3 atom stereocenters. The zero-order valence-corrected chi connectivity index (χ0v) is 16.0. The van der Waals surface area contributed by atoms with Crippen LogP contribution >= 0.6 is 12.4 Å². The van der Waals surface area contributed by atoms with Crippen LogP contribution in [0.2, 0.25) is 0 Å². The number of amides is 1. The van der Waals surface area contributed by atoms with Crippen molar-refractivity contribution in [1.82, 2.24) is 10.2 Å². The lowest BCUT2D eigenvalue weighted by atomic mass is 9.84. The van der Waals surface area contributed by atoms with Crippen LogP contribution in [0, 0.1) is 11.8 Å². The first-order chi connectivity index (χ1) is 9.64. The molecule has 1 amide bonds. The normalized spacial score (nSPS) is 20.6. The molecule has 1 aliphatic heterocycles. The third-order valence-electron chi connectivity index (χ3n) is 5.04. The van der Waals surface area contributed by atoms with Gasteiger partial charge in [0.25, 0.3) is 0 Å². The van der Waals surface area contributed by atoms with Crippen molar-refractivity contribution in [2.75, 3.05) is 26.4 Å².